The molecule has 2 aliphatic heterocycles. The number of rotatable bonds is 6. The molecule has 0 fully saturated rings. The second-order valence-electron chi connectivity index (χ2n) is 9.05. The highest BCUT2D eigenvalue weighted by Crippen LogP contribution is 2.56. The lowest BCUT2D eigenvalue weighted by molar-refractivity contribution is 0.0180. The molecule has 1 unspecified atom stereocenters. The molecule has 2 aromatic rings. The average Bonchev–Trinajstić information content (AvgIpc) is 2.98. The summed E-state index contributed by atoms with van der Waals surface area (Å²) in [6.07, 6.45) is 0.890. The number of esters is 1. The maximum atomic E-state index is 12.6. The van der Waals surface area contributed by atoms with E-state index in [-0.39, 0.29) is 23.6 Å². The number of nitrogens with two attached hydrogens (primary N) is 1. The smallest absolute Gasteiger partial charge is 0.338 e. The van der Waals surface area contributed by atoms with E-state index in [1.54, 1.807) is 31.4 Å². The Labute approximate surface area is 189 Å². The van der Waals surface area contributed by atoms with Crippen molar-refractivity contribution in [2.75, 3.05) is 26.4 Å². The van der Waals surface area contributed by atoms with Gasteiger partial charge in [0.15, 0.2) is 11.5 Å². The zero-order chi connectivity index (χ0) is 23.0. The van der Waals surface area contributed by atoms with E-state index in [0.29, 0.717) is 17.7 Å². The Hall–Kier alpha value is -2.99. The van der Waals surface area contributed by atoms with Crippen molar-refractivity contribution in [2.24, 2.45) is 0 Å². The van der Waals surface area contributed by atoms with Crippen LogP contribution in [0.25, 0.3) is 0 Å². The predicted molar refractivity (Wildman–Crippen MR) is 125 cm³/mol. The van der Waals surface area contributed by atoms with Crippen LogP contribution in [0.1, 0.15) is 48.2 Å². The second-order valence-corrected chi connectivity index (χ2v) is 9.05. The van der Waals surface area contributed by atoms with Crippen LogP contribution in [0.4, 0.5) is 5.69 Å². The van der Waals surface area contributed by atoms with Crippen LogP contribution in [0.5, 0.6) is 11.5 Å². The first-order chi connectivity index (χ1) is 15.3. The highest BCUT2D eigenvalue weighted by molar-refractivity contribution is 5.89. The van der Waals surface area contributed by atoms with E-state index < -0.39 is 0 Å². The number of nitrogen functional groups attached to an aromatic ring is 1. The van der Waals surface area contributed by atoms with Crippen LogP contribution in [0.2, 0.25) is 0 Å². The quantitative estimate of drug-likeness (QED) is 0.413. The maximum Gasteiger partial charge on any atom is 0.338 e. The average molecular weight is 437 g/mol. The fourth-order valence-electron chi connectivity index (χ4n) is 5.10. The highest BCUT2D eigenvalue weighted by atomic mass is 16.6. The van der Waals surface area contributed by atoms with Crippen molar-refractivity contribution < 1.29 is 19.0 Å². The molecule has 6 heteroatoms. The van der Waals surface area contributed by atoms with Crippen LogP contribution in [0.15, 0.2) is 48.6 Å². The van der Waals surface area contributed by atoms with Gasteiger partial charge in [-0.2, -0.15) is 0 Å². The minimum absolute atomic E-state index is 0.203. The third-order valence-corrected chi connectivity index (χ3v) is 6.77. The number of carbonyl (C=O) groups is 1. The van der Waals surface area contributed by atoms with Gasteiger partial charge in [0.1, 0.15) is 12.2 Å². The van der Waals surface area contributed by atoms with Gasteiger partial charge in [0, 0.05) is 24.2 Å². The van der Waals surface area contributed by atoms with Crippen LogP contribution < -0.4 is 15.2 Å². The summed E-state index contributed by atoms with van der Waals surface area (Å²) in [6.45, 7) is 10.1. The molecular formula is C26H32N2O4. The van der Waals surface area contributed by atoms with Crippen LogP contribution in [-0.4, -0.2) is 43.8 Å². The molecule has 2 aliphatic rings. The van der Waals surface area contributed by atoms with Gasteiger partial charge in [0.25, 0.3) is 0 Å². The molecule has 2 N–H and O–H groups in total. The van der Waals surface area contributed by atoms with Gasteiger partial charge in [0.05, 0.1) is 18.1 Å². The predicted octanol–water partition coefficient (Wildman–Crippen LogP) is 4.32. The molecule has 0 saturated heterocycles. The Morgan fingerprint density at radius 3 is 2.69 bits per heavy atom. The fourth-order valence-corrected chi connectivity index (χ4v) is 5.10. The van der Waals surface area contributed by atoms with Gasteiger partial charge < -0.3 is 24.8 Å². The van der Waals surface area contributed by atoms with Crippen LogP contribution >= 0.6 is 0 Å². The zero-order valence-electron chi connectivity index (χ0n) is 19.3. The topological polar surface area (TPSA) is 74.0 Å². The molecule has 4 rings (SSSR count). The fraction of sp³-hybridized carbons (Fsp3) is 0.423. The summed E-state index contributed by atoms with van der Waals surface area (Å²) in [6, 6.07) is 10.9. The molecule has 3 atom stereocenters. The van der Waals surface area contributed by atoms with Gasteiger partial charge in [-0.05, 0) is 69.8 Å². The molecule has 170 valence electrons. The SMILES string of the molecule is C=C(C)[C@@]12CCN(C)Cc3ccc(OC)c(c31)OC2C[C@H](C)OC(=O)c1ccc(N)cc1. The summed E-state index contributed by atoms with van der Waals surface area (Å²) in [4.78, 5) is 15.0. The van der Waals surface area contributed by atoms with Gasteiger partial charge >= 0.3 is 5.97 Å². The van der Waals surface area contributed by atoms with Gasteiger partial charge in [-0.1, -0.05) is 18.2 Å². The molecule has 0 amide bonds. The Balaban J connectivity index is 1.64. The van der Waals surface area contributed by atoms with E-state index in [0.717, 1.165) is 36.6 Å². The van der Waals surface area contributed by atoms with Crippen LogP contribution in [0, 0.1) is 0 Å². The van der Waals surface area contributed by atoms with E-state index in [9.17, 15) is 4.79 Å². The zero-order valence-corrected chi connectivity index (χ0v) is 19.3. The van der Waals surface area contributed by atoms with Crippen molar-refractivity contribution in [2.45, 2.75) is 50.9 Å². The number of anilines is 1. The minimum Gasteiger partial charge on any atom is -0.493 e. The number of benzene rings is 2. The number of hydrogen-bond acceptors (Lipinski definition) is 6. The molecular weight excluding hydrogens is 404 g/mol. The lowest BCUT2D eigenvalue weighted by Crippen LogP contribution is -2.42. The molecule has 0 aromatic heterocycles. The summed E-state index contributed by atoms with van der Waals surface area (Å²) in [7, 11) is 3.80. The number of hydrogen-bond donors (Lipinski definition) is 1. The Bertz CT molecular complexity index is 1030. The molecule has 0 aliphatic carbocycles. The first-order valence-electron chi connectivity index (χ1n) is 11.0. The number of methoxy groups -OCH3 is 1. The van der Waals surface area contributed by atoms with E-state index in [1.807, 2.05) is 13.0 Å². The molecule has 0 bridgehead atoms. The third-order valence-electron chi connectivity index (χ3n) is 6.77. The van der Waals surface area contributed by atoms with Crippen molar-refractivity contribution in [1.82, 2.24) is 4.90 Å². The van der Waals surface area contributed by atoms with Crippen LogP contribution in [-0.2, 0) is 16.7 Å². The van der Waals surface area contributed by atoms with Crippen molar-refractivity contribution in [3.8, 4) is 11.5 Å². The number of ether oxygens (including phenoxy) is 3. The number of nitrogens with zero attached hydrogens (tertiary/aromatic N) is 1. The summed E-state index contributed by atoms with van der Waals surface area (Å²) in [5.74, 6) is 1.16. The van der Waals surface area contributed by atoms with Crippen molar-refractivity contribution in [1.29, 1.82) is 0 Å². The van der Waals surface area contributed by atoms with Crippen LogP contribution in [0.3, 0.4) is 0 Å². The normalized spacial score (nSPS) is 22.9. The van der Waals surface area contributed by atoms with Crippen molar-refractivity contribution in [3.63, 3.8) is 0 Å². The lowest BCUT2D eigenvalue weighted by Gasteiger charge is -2.36. The first-order valence-corrected chi connectivity index (χ1v) is 11.0. The van der Waals surface area contributed by atoms with E-state index in [4.69, 9.17) is 19.9 Å². The standard InChI is InChI=1S/C26H32N2O4/c1-16(2)26-12-13-28(4)15-19-8-11-21(30-5)24(23(19)26)32-22(26)14-17(3)31-25(29)18-6-9-20(27)10-7-18/h6-11,17,22H,1,12-15,27H2,2-5H3/t17-,22?,26+/m0/s1. The second kappa shape index (κ2) is 8.51. The van der Waals surface area contributed by atoms with Gasteiger partial charge in [0.2, 0.25) is 0 Å². The largest absolute Gasteiger partial charge is 0.493 e. The summed E-state index contributed by atoms with van der Waals surface area (Å²) in [5.41, 5.74) is 9.93. The van der Waals surface area contributed by atoms with E-state index in [1.165, 1.54) is 11.1 Å². The van der Waals surface area contributed by atoms with E-state index in [2.05, 4.69) is 31.5 Å². The molecule has 2 aromatic carbocycles. The van der Waals surface area contributed by atoms with Crippen molar-refractivity contribution in [3.05, 3.63) is 65.2 Å². The Kier molecular flexibility index (Phi) is 5.91. The Morgan fingerprint density at radius 1 is 1.31 bits per heavy atom. The summed E-state index contributed by atoms with van der Waals surface area (Å²) < 4.78 is 18.0. The first kappa shape index (κ1) is 22.2. The molecule has 0 radical (unpaired) electrons. The van der Waals surface area contributed by atoms with Gasteiger partial charge in [-0.3, -0.25) is 0 Å². The van der Waals surface area contributed by atoms with E-state index >= 15 is 0 Å². The summed E-state index contributed by atoms with van der Waals surface area (Å²) in [5, 5.41) is 0. The van der Waals surface area contributed by atoms with Gasteiger partial charge in [-0.25, -0.2) is 4.79 Å². The van der Waals surface area contributed by atoms with Crippen molar-refractivity contribution >= 4 is 11.7 Å². The third kappa shape index (κ3) is 3.73. The monoisotopic (exact) mass is 436 g/mol. The molecule has 0 spiro atoms. The molecule has 6 nitrogen and oxygen atoms in total. The molecule has 32 heavy (non-hydrogen) atoms. The summed E-state index contributed by atoms with van der Waals surface area (Å²) >= 11 is 0. The Morgan fingerprint density at radius 2 is 2.03 bits per heavy atom. The minimum atomic E-state index is -0.365. The lowest BCUT2D eigenvalue weighted by atomic mass is 9.67. The molecule has 0 saturated carbocycles. The van der Waals surface area contributed by atoms with Gasteiger partial charge in [-0.15, -0.1) is 0 Å². The molecule has 2 heterocycles. The highest BCUT2D eigenvalue weighted by Gasteiger charge is 2.53. The number of carbonyl (C=O) groups excluding carboxylic acids is 1. The maximum absolute atomic E-state index is 12.6.